The summed E-state index contributed by atoms with van der Waals surface area (Å²) in [6, 6.07) is 8.19. The van der Waals surface area contributed by atoms with Crippen molar-refractivity contribution >= 4 is 17.4 Å². The molecular weight excluding hydrogens is 208 g/mol. The molecule has 1 aromatic rings. The smallest absolute Gasteiger partial charge is 0.0963 e. The third-order valence-corrected chi connectivity index (χ3v) is 3.23. The zero-order valence-electron chi connectivity index (χ0n) is 8.83. The first-order valence-electron chi connectivity index (χ1n) is 5.28. The Morgan fingerprint density at radius 1 is 1.33 bits per heavy atom. The number of likely N-dealkylation sites (tertiary alicyclic amines) is 1. The summed E-state index contributed by atoms with van der Waals surface area (Å²) >= 11 is 5.85. The van der Waals surface area contributed by atoms with Crippen LogP contribution >= 0.6 is 11.6 Å². The highest BCUT2D eigenvalue weighted by molar-refractivity contribution is 6.30. The molecule has 3 heteroatoms. The van der Waals surface area contributed by atoms with E-state index in [4.69, 9.17) is 17.0 Å². The van der Waals surface area contributed by atoms with Crippen molar-refractivity contribution in [2.75, 3.05) is 6.54 Å². The minimum Gasteiger partial charge on any atom is -0.354 e. The van der Waals surface area contributed by atoms with Gasteiger partial charge in [-0.25, -0.2) is 0 Å². The minimum atomic E-state index is 0.289. The predicted molar refractivity (Wildman–Crippen MR) is 63.5 cm³/mol. The molecule has 1 heterocycles. The topological polar surface area (TPSA) is 27.1 Å². The Labute approximate surface area is 95.4 Å². The first-order chi connectivity index (χ1) is 7.18. The molecule has 0 aromatic heterocycles. The quantitative estimate of drug-likeness (QED) is 0.815. The van der Waals surface area contributed by atoms with Crippen LogP contribution in [0.4, 0.5) is 0 Å². The lowest BCUT2D eigenvalue weighted by Crippen LogP contribution is -2.27. The fourth-order valence-electron chi connectivity index (χ4n) is 2.04. The summed E-state index contributed by atoms with van der Waals surface area (Å²) in [4.78, 5) is 2.16. The van der Waals surface area contributed by atoms with E-state index in [-0.39, 0.29) is 6.04 Å². The van der Waals surface area contributed by atoms with Crippen LogP contribution in [-0.4, -0.2) is 17.3 Å². The molecule has 1 fully saturated rings. The number of hydrogen-bond acceptors (Lipinski definition) is 1. The number of amidine groups is 1. The van der Waals surface area contributed by atoms with Gasteiger partial charge >= 0.3 is 0 Å². The van der Waals surface area contributed by atoms with Crippen LogP contribution in [-0.2, 0) is 0 Å². The van der Waals surface area contributed by atoms with Crippen molar-refractivity contribution in [2.45, 2.75) is 25.8 Å². The maximum absolute atomic E-state index is 7.83. The molecule has 1 aliphatic rings. The zero-order chi connectivity index (χ0) is 10.8. The monoisotopic (exact) mass is 222 g/mol. The normalized spacial score (nSPS) is 18.3. The third-order valence-electron chi connectivity index (χ3n) is 2.98. The van der Waals surface area contributed by atoms with Gasteiger partial charge in [-0.1, -0.05) is 23.7 Å². The molecule has 2 nitrogen and oxygen atoms in total. The van der Waals surface area contributed by atoms with Crippen molar-refractivity contribution in [3.63, 3.8) is 0 Å². The number of benzene rings is 1. The predicted octanol–water partition coefficient (Wildman–Crippen LogP) is 3.47. The molecule has 80 valence electrons. The molecule has 1 aliphatic heterocycles. The summed E-state index contributed by atoms with van der Waals surface area (Å²) in [5.74, 6) is 0.762. The molecule has 0 bridgehead atoms. The molecule has 0 aliphatic carbocycles. The molecule has 1 aromatic carbocycles. The van der Waals surface area contributed by atoms with Crippen LogP contribution in [0.5, 0.6) is 0 Å². The number of nitrogens with one attached hydrogen (secondary N) is 1. The summed E-state index contributed by atoms with van der Waals surface area (Å²) < 4.78 is 0. The van der Waals surface area contributed by atoms with E-state index in [2.05, 4.69) is 11.8 Å². The van der Waals surface area contributed by atoms with Gasteiger partial charge in [-0.05, 0) is 31.0 Å². The van der Waals surface area contributed by atoms with E-state index in [0.717, 1.165) is 30.2 Å². The molecule has 1 N–H and O–H groups in total. The number of hydrogen-bond donors (Lipinski definition) is 1. The standard InChI is InChI=1S/C12H15ClN2/c1-9(15-8-2-3-12(15)14)10-4-6-11(13)7-5-10/h4-7,9,14H,2-3,8H2,1H3. The Morgan fingerprint density at radius 3 is 2.53 bits per heavy atom. The molecule has 1 atom stereocenters. The second kappa shape index (κ2) is 4.23. The van der Waals surface area contributed by atoms with E-state index in [1.165, 1.54) is 5.56 Å². The number of halogens is 1. The largest absolute Gasteiger partial charge is 0.354 e. The highest BCUT2D eigenvalue weighted by atomic mass is 35.5. The molecule has 0 radical (unpaired) electrons. The summed E-state index contributed by atoms with van der Waals surface area (Å²) in [6.45, 7) is 3.14. The summed E-state index contributed by atoms with van der Waals surface area (Å²) in [7, 11) is 0. The van der Waals surface area contributed by atoms with Crippen molar-refractivity contribution < 1.29 is 0 Å². The Bertz CT molecular complexity index is 358. The lowest BCUT2D eigenvalue weighted by Gasteiger charge is -2.26. The van der Waals surface area contributed by atoms with Gasteiger partial charge in [-0.2, -0.15) is 0 Å². The van der Waals surface area contributed by atoms with Crippen LogP contribution in [0.1, 0.15) is 31.4 Å². The fraction of sp³-hybridized carbons (Fsp3) is 0.417. The fourth-order valence-corrected chi connectivity index (χ4v) is 2.17. The minimum absolute atomic E-state index is 0.289. The first-order valence-corrected chi connectivity index (χ1v) is 5.66. The van der Waals surface area contributed by atoms with E-state index >= 15 is 0 Å². The van der Waals surface area contributed by atoms with Gasteiger partial charge in [-0.15, -0.1) is 0 Å². The van der Waals surface area contributed by atoms with Crippen molar-refractivity contribution in [2.24, 2.45) is 0 Å². The van der Waals surface area contributed by atoms with Crippen LogP contribution in [0.25, 0.3) is 0 Å². The van der Waals surface area contributed by atoms with Crippen LogP contribution in [0.15, 0.2) is 24.3 Å². The zero-order valence-corrected chi connectivity index (χ0v) is 9.59. The second-order valence-corrected chi connectivity index (χ2v) is 4.41. The van der Waals surface area contributed by atoms with E-state index < -0.39 is 0 Å². The van der Waals surface area contributed by atoms with Gasteiger partial charge in [0.1, 0.15) is 0 Å². The Hall–Kier alpha value is -1.02. The molecule has 0 spiro atoms. The van der Waals surface area contributed by atoms with Crippen molar-refractivity contribution in [3.05, 3.63) is 34.9 Å². The first kappa shape index (κ1) is 10.5. The Balaban J connectivity index is 2.16. The second-order valence-electron chi connectivity index (χ2n) is 3.97. The van der Waals surface area contributed by atoms with Gasteiger partial charge < -0.3 is 4.90 Å². The van der Waals surface area contributed by atoms with Crippen molar-refractivity contribution in [1.82, 2.24) is 4.90 Å². The van der Waals surface area contributed by atoms with E-state index in [1.807, 2.05) is 24.3 Å². The maximum atomic E-state index is 7.83. The highest BCUT2D eigenvalue weighted by Crippen LogP contribution is 2.26. The summed E-state index contributed by atoms with van der Waals surface area (Å²) in [6.07, 6.45) is 2.02. The van der Waals surface area contributed by atoms with Crippen LogP contribution in [0.3, 0.4) is 0 Å². The lowest BCUT2D eigenvalue weighted by molar-refractivity contribution is 0.362. The average Bonchev–Trinajstić information content (AvgIpc) is 2.65. The lowest BCUT2D eigenvalue weighted by atomic mass is 10.1. The van der Waals surface area contributed by atoms with Gasteiger partial charge in [0, 0.05) is 18.0 Å². The molecule has 0 saturated carbocycles. The molecule has 0 amide bonds. The van der Waals surface area contributed by atoms with Crippen molar-refractivity contribution in [3.8, 4) is 0 Å². The highest BCUT2D eigenvalue weighted by Gasteiger charge is 2.22. The summed E-state index contributed by atoms with van der Waals surface area (Å²) in [5, 5.41) is 8.59. The van der Waals surface area contributed by atoms with E-state index in [0.29, 0.717) is 0 Å². The maximum Gasteiger partial charge on any atom is 0.0963 e. The van der Waals surface area contributed by atoms with E-state index in [1.54, 1.807) is 0 Å². The van der Waals surface area contributed by atoms with Crippen LogP contribution in [0, 0.1) is 5.41 Å². The Morgan fingerprint density at radius 2 is 2.00 bits per heavy atom. The number of rotatable bonds is 2. The van der Waals surface area contributed by atoms with Gasteiger partial charge in [0.25, 0.3) is 0 Å². The molecule has 1 saturated heterocycles. The van der Waals surface area contributed by atoms with E-state index in [9.17, 15) is 0 Å². The number of nitrogens with zero attached hydrogens (tertiary/aromatic N) is 1. The molecule has 1 unspecified atom stereocenters. The van der Waals surface area contributed by atoms with Crippen molar-refractivity contribution in [1.29, 1.82) is 5.41 Å². The van der Waals surface area contributed by atoms with Gasteiger partial charge in [-0.3, -0.25) is 5.41 Å². The molecule has 2 rings (SSSR count). The average molecular weight is 223 g/mol. The van der Waals surface area contributed by atoms with Gasteiger partial charge in [0.05, 0.1) is 11.9 Å². The SMILES string of the molecule is CC(c1ccc(Cl)cc1)N1CCCC1=N. The van der Waals surface area contributed by atoms with Gasteiger partial charge in [0.2, 0.25) is 0 Å². The molecular formula is C12H15ClN2. The van der Waals surface area contributed by atoms with Crippen LogP contribution < -0.4 is 0 Å². The molecule has 15 heavy (non-hydrogen) atoms. The van der Waals surface area contributed by atoms with Crippen LogP contribution in [0.2, 0.25) is 5.02 Å². The summed E-state index contributed by atoms with van der Waals surface area (Å²) in [5.41, 5.74) is 1.23. The van der Waals surface area contributed by atoms with Gasteiger partial charge in [0.15, 0.2) is 0 Å². The Kier molecular flexibility index (Phi) is 2.96. The third kappa shape index (κ3) is 2.15.